The van der Waals surface area contributed by atoms with Crippen molar-refractivity contribution in [3.05, 3.63) is 96.1 Å². The Morgan fingerprint density at radius 1 is 0.588 bits per heavy atom. The number of nitrogens with zero attached hydrogens (tertiary/aromatic N) is 3. The van der Waals surface area contributed by atoms with Crippen LogP contribution in [0.15, 0.2) is 93.8 Å². The largest absolute Gasteiger partial charge is 0.465 e. The highest BCUT2D eigenvalue weighted by atomic mass is 16.6. The molecule has 364 valence electrons. The van der Waals surface area contributed by atoms with Gasteiger partial charge in [0.05, 0.1) is 0 Å². The van der Waals surface area contributed by atoms with Crippen LogP contribution >= 0.6 is 0 Å². The molecule has 0 fully saturated rings. The van der Waals surface area contributed by atoms with Crippen LogP contribution < -0.4 is 26.6 Å². The average molecular weight is 933 g/mol. The molecule has 2 heterocycles. The number of carbonyl (C=O) groups excluding carboxylic acids is 3. The third-order valence-electron chi connectivity index (χ3n) is 10.4. The van der Waals surface area contributed by atoms with Gasteiger partial charge in [-0.3, -0.25) is 9.59 Å². The molecule has 0 aliphatic heterocycles. The fourth-order valence-corrected chi connectivity index (χ4v) is 6.73. The molecule has 0 unspecified atom stereocenters. The van der Waals surface area contributed by atoms with Gasteiger partial charge in [0.1, 0.15) is 16.6 Å². The molecule has 0 radical (unpaired) electrons. The molecule has 0 bridgehead atoms. The number of hydrogen-bond donors (Lipinski definition) is 6. The number of aromatic nitrogens is 2. The summed E-state index contributed by atoms with van der Waals surface area (Å²) >= 11 is 0. The van der Waals surface area contributed by atoms with Gasteiger partial charge in [-0.15, -0.1) is 0 Å². The number of oxazole rings is 2. The normalized spacial score (nSPS) is 11.9. The topological polar surface area (TPSA) is 213 Å². The van der Waals surface area contributed by atoms with Crippen molar-refractivity contribution >= 4 is 81.0 Å². The van der Waals surface area contributed by atoms with Gasteiger partial charge in [-0.1, -0.05) is 53.7 Å². The van der Waals surface area contributed by atoms with Crippen LogP contribution in [0.4, 0.5) is 44.4 Å². The smallest absolute Gasteiger partial charge is 0.407 e. The molecule has 4 amide bonds. The van der Waals surface area contributed by atoms with Gasteiger partial charge in [0.15, 0.2) is 11.2 Å². The van der Waals surface area contributed by atoms with Crippen LogP contribution in [0.25, 0.3) is 22.2 Å². The molecule has 2 aromatic heterocycles. The number of carboxylic acid groups (broad SMARTS) is 1. The Morgan fingerprint density at radius 2 is 1.00 bits per heavy atom. The molecule has 68 heavy (non-hydrogen) atoms. The van der Waals surface area contributed by atoms with Gasteiger partial charge in [-0.2, -0.15) is 9.97 Å². The lowest BCUT2D eigenvalue weighted by Crippen LogP contribution is -2.45. The summed E-state index contributed by atoms with van der Waals surface area (Å²) in [4.78, 5) is 57.9. The highest BCUT2D eigenvalue weighted by Gasteiger charge is 2.26. The van der Waals surface area contributed by atoms with Crippen molar-refractivity contribution in [2.24, 2.45) is 0 Å². The van der Waals surface area contributed by atoms with Crippen molar-refractivity contribution < 1.29 is 37.9 Å². The molecular formula is C52H68N8O8. The Morgan fingerprint density at radius 3 is 1.38 bits per heavy atom. The van der Waals surface area contributed by atoms with E-state index in [4.69, 9.17) is 13.6 Å². The lowest BCUT2D eigenvalue weighted by atomic mass is 9.87. The highest BCUT2D eigenvalue weighted by molar-refractivity contribution is 5.91. The standard InChI is InChI=1S/2C26H34N4O4/c1-25(2,3)17-9-14-21-20(16-17)29-23(34-21)28-19-12-10-18(11-13-19)27-22(31)8-7-15-30(24(32)33)26(4,5)6;1-25(2,3)17-9-14-21-20(16-17)30-23(33-21)29-19-12-10-18(11-13-19)28-22(31)8-7-15-27-24(32)34-26(4,5)6/h9-14,16H,7-8,15H2,1-6H3,(H,27,31)(H,28,29)(H,32,33);9-14,16H,7-8,15H2,1-6H3,(H,27,32)(H,28,31)(H,29,30). The van der Waals surface area contributed by atoms with Crippen molar-refractivity contribution in [2.45, 2.75) is 131 Å². The molecule has 0 saturated heterocycles. The second kappa shape index (κ2) is 21.7. The van der Waals surface area contributed by atoms with E-state index in [0.717, 1.165) is 28.0 Å². The third kappa shape index (κ3) is 16.1. The van der Waals surface area contributed by atoms with Crippen molar-refractivity contribution in [1.82, 2.24) is 20.2 Å². The average Bonchev–Trinajstić information content (AvgIpc) is 3.83. The first-order valence-electron chi connectivity index (χ1n) is 22.9. The van der Waals surface area contributed by atoms with Crippen molar-refractivity contribution in [2.75, 3.05) is 34.4 Å². The fourth-order valence-electron chi connectivity index (χ4n) is 6.73. The van der Waals surface area contributed by atoms with Gasteiger partial charge in [0.2, 0.25) is 11.8 Å². The Bertz CT molecular complexity index is 2660. The Kier molecular flexibility index (Phi) is 16.5. The van der Waals surface area contributed by atoms with E-state index in [1.54, 1.807) is 45.0 Å². The van der Waals surface area contributed by atoms with Crippen LogP contribution in [-0.4, -0.2) is 68.2 Å². The molecule has 0 atom stereocenters. The molecule has 6 rings (SSSR count). The first-order chi connectivity index (χ1) is 31.7. The highest BCUT2D eigenvalue weighted by Crippen LogP contribution is 2.30. The fraction of sp³-hybridized carbons (Fsp3) is 0.423. The van der Waals surface area contributed by atoms with Gasteiger partial charge in [-0.25, -0.2) is 9.59 Å². The molecule has 0 saturated carbocycles. The minimum atomic E-state index is -0.982. The Hall–Kier alpha value is -7.10. The summed E-state index contributed by atoms with van der Waals surface area (Å²) in [5.74, 6) is -0.283. The van der Waals surface area contributed by atoms with Crippen molar-refractivity contribution in [1.29, 1.82) is 0 Å². The number of rotatable bonds is 14. The maximum atomic E-state index is 12.3. The summed E-state index contributed by atoms with van der Waals surface area (Å²) in [5, 5.41) is 24.0. The van der Waals surface area contributed by atoms with Gasteiger partial charge in [0.25, 0.3) is 12.0 Å². The van der Waals surface area contributed by atoms with E-state index in [0.29, 0.717) is 54.9 Å². The maximum absolute atomic E-state index is 12.3. The van der Waals surface area contributed by atoms with Crippen LogP contribution in [0.1, 0.15) is 120 Å². The lowest BCUT2D eigenvalue weighted by Gasteiger charge is -2.33. The second-order valence-corrected chi connectivity index (χ2v) is 20.6. The molecule has 0 aliphatic rings. The lowest BCUT2D eigenvalue weighted by molar-refractivity contribution is -0.117. The quantitative estimate of drug-likeness (QED) is 0.0563. The van der Waals surface area contributed by atoms with Gasteiger partial charge < -0.3 is 50.2 Å². The molecule has 6 aromatic rings. The number of nitrogens with one attached hydrogen (secondary N) is 5. The summed E-state index contributed by atoms with van der Waals surface area (Å²) < 4.78 is 16.8. The predicted octanol–water partition coefficient (Wildman–Crippen LogP) is 12.5. The Labute approximate surface area is 399 Å². The monoisotopic (exact) mass is 933 g/mol. The number of hydrogen-bond acceptors (Lipinski definition) is 11. The first kappa shape index (κ1) is 51.9. The van der Waals surface area contributed by atoms with E-state index in [1.807, 2.05) is 69.3 Å². The van der Waals surface area contributed by atoms with Crippen LogP contribution in [0.5, 0.6) is 0 Å². The van der Waals surface area contributed by atoms with Gasteiger partial charge in [0, 0.05) is 54.2 Å². The summed E-state index contributed by atoms with van der Waals surface area (Å²) in [6, 6.07) is 27.4. The number of ether oxygens (including phenoxy) is 1. The van der Waals surface area contributed by atoms with E-state index in [1.165, 1.54) is 16.0 Å². The molecule has 0 aliphatic carbocycles. The van der Waals surface area contributed by atoms with E-state index < -0.39 is 23.3 Å². The zero-order valence-corrected chi connectivity index (χ0v) is 41.5. The maximum Gasteiger partial charge on any atom is 0.407 e. The van der Waals surface area contributed by atoms with Crippen molar-refractivity contribution in [3.8, 4) is 0 Å². The van der Waals surface area contributed by atoms with E-state index >= 15 is 0 Å². The molecule has 16 nitrogen and oxygen atoms in total. The summed E-state index contributed by atoms with van der Waals surface area (Å²) in [6.07, 6.45) is 0.0200. The SMILES string of the molecule is CC(C)(C)OC(=O)NCCCC(=O)Nc1ccc(Nc2nc3cc(C(C)(C)C)ccc3o2)cc1.CC(C)(C)c1ccc2oc(Nc3ccc(NC(=O)CCCN(C(=O)O)C(C)(C)C)cc3)nc2c1. The molecular weight excluding hydrogens is 865 g/mol. The van der Waals surface area contributed by atoms with Gasteiger partial charge in [-0.05, 0) is 149 Å². The summed E-state index contributed by atoms with van der Waals surface area (Å²) in [6.45, 7) is 24.5. The number of fused-ring (bicyclic) bond motifs is 2. The van der Waals surface area contributed by atoms with E-state index in [9.17, 15) is 24.3 Å². The van der Waals surface area contributed by atoms with E-state index in [2.05, 4.69) is 90.2 Å². The number of amides is 4. The summed E-state index contributed by atoms with van der Waals surface area (Å²) in [5.41, 5.74) is 7.36. The van der Waals surface area contributed by atoms with E-state index in [-0.39, 0.29) is 35.5 Å². The molecule has 16 heteroatoms. The van der Waals surface area contributed by atoms with Crippen LogP contribution in [0.2, 0.25) is 0 Å². The predicted molar refractivity (Wildman–Crippen MR) is 269 cm³/mol. The number of anilines is 6. The minimum absolute atomic E-state index is 0.0310. The molecule has 4 aromatic carbocycles. The van der Waals surface area contributed by atoms with Crippen LogP contribution in [-0.2, 0) is 25.2 Å². The second-order valence-electron chi connectivity index (χ2n) is 20.6. The molecule has 6 N–H and O–H groups in total. The zero-order chi connectivity index (χ0) is 50.0. The number of benzene rings is 4. The third-order valence-corrected chi connectivity index (χ3v) is 10.4. The molecule has 0 spiro atoms. The zero-order valence-electron chi connectivity index (χ0n) is 41.5. The van der Waals surface area contributed by atoms with Crippen LogP contribution in [0, 0.1) is 0 Å². The summed E-state index contributed by atoms with van der Waals surface area (Å²) in [7, 11) is 0. The number of carbonyl (C=O) groups is 4. The van der Waals surface area contributed by atoms with Crippen LogP contribution in [0.3, 0.4) is 0 Å². The Balaban J connectivity index is 0.000000254. The minimum Gasteiger partial charge on any atom is -0.465 e. The number of alkyl carbamates (subject to hydrolysis) is 1. The van der Waals surface area contributed by atoms with Gasteiger partial charge >= 0.3 is 12.2 Å². The first-order valence-corrected chi connectivity index (χ1v) is 22.9. The van der Waals surface area contributed by atoms with Crippen molar-refractivity contribution in [3.63, 3.8) is 0 Å².